The number of hydrogen-bond donors (Lipinski definition) is 4. The molecule has 0 bridgehead atoms. The van der Waals surface area contributed by atoms with Crippen molar-refractivity contribution in [2.75, 3.05) is 5.32 Å². The van der Waals surface area contributed by atoms with Gasteiger partial charge in [0.05, 0.1) is 0 Å². The first-order valence-corrected chi connectivity index (χ1v) is 11.9. The molecule has 7 nitrogen and oxygen atoms in total. The number of benzene rings is 2. The van der Waals surface area contributed by atoms with Gasteiger partial charge in [-0.05, 0) is 66.2 Å². The molecule has 1 heterocycles. The predicted molar refractivity (Wildman–Crippen MR) is 132 cm³/mol. The Bertz CT molecular complexity index is 1250. The van der Waals surface area contributed by atoms with Crippen LogP contribution in [0, 0.1) is 5.92 Å². The fraction of sp³-hybridized carbons (Fsp3) is 0.346. The Kier molecular flexibility index (Phi) is 6.10. The number of rotatable bonds is 6. The molecule has 5 N–H and O–H groups in total. The fourth-order valence-electron chi connectivity index (χ4n) is 5.44. The van der Waals surface area contributed by atoms with Gasteiger partial charge in [0.2, 0.25) is 5.91 Å². The molecule has 2 aromatic carbocycles. The van der Waals surface area contributed by atoms with Crippen molar-refractivity contribution in [1.82, 2.24) is 9.97 Å². The van der Waals surface area contributed by atoms with E-state index in [0.717, 1.165) is 66.1 Å². The third kappa shape index (κ3) is 4.19. The van der Waals surface area contributed by atoms with E-state index in [4.69, 9.17) is 15.7 Å². The molecule has 8 heteroatoms. The van der Waals surface area contributed by atoms with Crippen LogP contribution in [0.2, 0.25) is 0 Å². The zero-order valence-electron chi connectivity index (χ0n) is 19.3. The summed E-state index contributed by atoms with van der Waals surface area (Å²) in [5, 5.41) is 22.5. The van der Waals surface area contributed by atoms with Crippen molar-refractivity contribution < 1.29 is 14.8 Å². The van der Waals surface area contributed by atoms with Crippen molar-refractivity contribution >= 4 is 24.3 Å². The topological polar surface area (TPSA) is 121 Å². The van der Waals surface area contributed by atoms with Crippen molar-refractivity contribution in [3.63, 3.8) is 0 Å². The number of aromatic nitrogens is 2. The summed E-state index contributed by atoms with van der Waals surface area (Å²) in [5.41, 5.74) is 12.0. The van der Waals surface area contributed by atoms with Crippen LogP contribution in [-0.2, 0) is 25.8 Å². The highest BCUT2D eigenvalue weighted by atomic mass is 16.4. The number of amides is 1. The smallest absolute Gasteiger partial charge is 0.423 e. The van der Waals surface area contributed by atoms with Crippen LogP contribution in [0.15, 0.2) is 42.5 Å². The largest absolute Gasteiger partial charge is 0.488 e. The number of nitrogens with one attached hydrogen (secondary N) is 1. The molecule has 3 aromatic rings. The minimum Gasteiger partial charge on any atom is -0.423 e. The van der Waals surface area contributed by atoms with Gasteiger partial charge in [0.1, 0.15) is 11.6 Å². The first-order valence-electron chi connectivity index (χ1n) is 11.9. The molecule has 2 unspecified atom stereocenters. The second kappa shape index (κ2) is 9.20. The van der Waals surface area contributed by atoms with Crippen LogP contribution < -0.4 is 16.5 Å². The molecule has 174 valence electrons. The Morgan fingerprint density at radius 1 is 1.12 bits per heavy atom. The molecule has 0 radical (unpaired) electrons. The Morgan fingerprint density at radius 3 is 2.71 bits per heavy atom. The molecule has 5 rings (SSSR count). The van der Waals surface area contributed by atoms with Crippen LogP contribution in [-0.4, -0.2) is 33.0 Å². The average molecular weight is 456 g/mol. The average Bonchev–Trinajstić information content (AvgIpc) is 3.18. The SMILES string of the molecule is CC1Cc2c(C(N)=O)cccc2C1c1nc2c(c(NCc3cccc(B(O)O)c3)n1)CCCC2. The molecule has 2 aliphatic rings. The summed E-state index contributed by atoms with van der Waals surface area (Å²) in [7, 11) is -1.49. The van der Waals surface area contributed by atoms with E-state index in [9.17, 15) is 14.8 Å². The van der Waals surface area contributed by atoms with E-state index in [1.807, 2.05) is 18.2 Å². The van der Waals surface area contributed by atoms with E-state index in [-0.39, 0.29) is 11.8 Å². The van der Waals surface area contributed by atoms with Gasteiger partial charge in [-0.25, -0.2) is 9.97 Å². The van der Waals surface area contributed by atoms with Crippen molar-refractivity contribution in [2.24, 2.45) is 11.7 Å². The van der Waals surface area contributed by atoms with E-state index in [1.165, 1.54) is 5.56 Å². The summed E-state index contributed by atoms with van der Waals surface area (Å²) < 4.78 is 0. The van der Waals surface area contributed by atoms with Gasteiger partial charge in [-0.3, -0.25) is 4.79 Å². The lowest BCUT2D eigenvalue weighted by Crippen LogP contribution is -2.30. The van der Waals surface area contributed by atoms with Gasteiger partial charge in [0.25, 0.3) is 0 Å². The summed E-state index contributed by atoms with van der Waals surface area (Å²) >= 11 is 0. The molecule has 1 amide bonds. The van der Waals surface area contributed by atoms with Gasteiger partial charge in [-0.2, -0.15) is 0 Å². The number of aryl methyl sites for hydroxylation is 1. The standard InChI is InChI=1S/C26H29BN4O3/c1-15-12-21-18(9-5-10-19(21)24(28)32)23(15)26-30-22-11-3-2-8-20(22)25(31-26)29-14-16-6-4-7-17(13-16)27(33)34/h4-7,9-10,13,15,23,33-34H,2-3,8,11-12,14H2,1H3,(H2,28,32)(H,29,30,31). The third-order valence-corrected chi connectivity index (χ3v) is 7.10. The van der Waals surface area contributed by atoms with Crippen molar-refractivity contribution in [1.29, 1.82) is 0 Å². The number of fused-ring (bicyclic) bond motifs is 2. The molecule has 0 spiro atoms. The number of hydrogen-bond acceptors (Lipinski definition) is 6. The molecular formula is C26H29BN4O3. The lowest BCUT2D eigenvalue weighted by Gasteiger charge is -2.23. The number of anilines is 1. The molecule has 0 aliphatic heterocycles. The van der Waals surface area contributed by atoms with Crippen LogP contribution in [0.4, 0.5) is 5.82 Å². The lowest BCUT2D eigenvalue weighted by molar-refractivity contribution is 0.0999. The van der Waals surface area contributed by atoms with Crippen molar-refractivity contribution in [3.05, 3.63) is 81.8 Å². The van der Waals surface area contributed by atoms with E-state index in [2.05, 4.69) is 18.3 Å². The van der Waals surface area contributed by atoms with Gasteiger partial charge in [0, 0.05) is 29.3 Å². The van der Waals surface area contributed by atoms with Crippen molar-refractivity contribution in [3.8, 4) is 0 Å². The second-order valence-electron chi connectivity index (χ2n) is 9.43. The van der Waals surface area contributed by atoms with Crippen LogP contribution in [0.1, 0.15) is 69.8 Å². The molecule has 1 aromatic heterocycles. The molecule has 2 aliphatic carbocycles. The summed E-state index contributed by atoms with van der Waals surface area (Å²) in [6.45, 7) is 2.70. The quantitative estimate of drug-likeness (QED) is 0.422. The summed E-state index contributed by atoms with van der Waals surface area (Å²) in [6.07, 6.45) is 4.87. The van der Waals surface area contributed by atoms with Crippen molar-refractivity contribution in [2.45, 2.75) is 51.5 Å². The number of nitrogens with two attached hydrogens (primary N) is 1. The minimum atomic E-state index is -1.49. The van der Waals surface area contributed by atoms with Crippen LogP contribution in [0.3, 0.4) is 0 Å². The maximum atomic E-state index is 12.0. The summed E-state index contributed by atoms with van der Waals surface area (Å²) in [4.78, 5) is 22.1. The van der Waals surface area contributed by atoms with Crippen LogP contribution in [0.25, 0.3) is 0 Å². The first kappa shape index (κ1) is 22.6. The Morgan fingerprint density at radius 2 is 1.91 bits per heavy atom. The highest BCUT2D eigenvalue weighted by Crippen LogP contribution is 2.43. The van der Waals surface area contributed by atoms with Crippen LogP contribution in [0.5, 0.6) is 0 Å². The molecule has 0 saturated carbocycles. The van der Waals surface area contributed by atoms with E-state index < -0.39 is 13.0 Å². The van der Waals surface area contributed by atoms with Gasteiger partial charge in [-0.1, -0.05) is 43.3 Å². The van der Waals surface area contributed by atoms with Gasteiger partial charge in [-0.15, -0.1) is 0 Å². The summed E-state index contributed by atoms with van der Waals surface area (Å²) in [5.74, 6) is 1.51. The molecule has 34 heavy (non-hydrogen) atoms. The number of carbonyl (C=O) groups is 1. The van der Waals surface area contributed by atoms with Crippen LogP contribution >= 0.6 is 0 Å². The minimum absolute atomic E-state index is 0.00920. The zero-order valence-corrected chi connectivity index (χ0v) is 19.3. The predicted octanol–water partition coefficient (Wildman–Crippen LogP) is 2.07. The van der Waals surface area contributed by atoms with Gasteiger partial charge in [0.15, 0.2) is 0 Å². The third-order valence-electron chi connectivity index (χ3n) is 7.10. The van der Waals surface area contributed by atoms with E-state index in [1.54, 1.807) is 18.2 Å². The molecule has 0 saturated heterocycles. The normalized spacial score (nSPS) is 18.8. The van der Waals surface area contributed by atoms with Gasteiger partial charge < -0.3 is 21.1 Å². The highest BCUT2D eigenvalue weighted by molar-refractivity contribution is 6.58. The summed E-state index contributed by atoms with van der Waals surface area (Å²) in [6, 6.07) is 13.0. The van der Waals surface area contributed by atoms with Gasteiger partial charge >= 0.3 is 7.12 Å². The monoisotopic (exact) mass is 456 g/mol. The number of primary amides is 1. The highest BCUT2D eigenvalue weighted by Gasteiger charge is 2.36. The molecular weight excluding hydrogens is 427 g/mol. The second-order valence-corrected chi connectivity index (χ2v) is 9.43. The Balaban J connectivity index is 1.51. The lowest BCUT2D eigenvalue weighted by atomic mass is 9.79. The number of carbonyl (C=O) groups excluding carboxylic acids is 1. The number of nitrogens with zero attached hydrogens (tertiary/aromatic N) is 2. The molecule has 2 atom stereocenters. The Labute approximate surface area is 199 Å². The molecule has 0 fully saturated rings. The Hall–Kier alpha value is -3.23. The first-order chi connectivity index (χ1) is 16.4. The zero-order chi connectivity index (χ0) is 23.8. The van der Waals surface area contributed by atoms with E-state index in [0.29, 0.717) is 17.6 Å². The maximum Gasteiger partial charge on any atom is 0.488 e. The fourth-order valence-corrected chi connectivity index (χ4v) is 5.44. The van der Waals surface area contributed by atoms with E-state index >= 15 is 0 Å². The maximum absolute atomic E-state index is 12.0.